The van der Waals surface area contributed by atoms with Crippen molar-refractivity contribution in [3.63, 3.8) is 0 Å². The first-order valence-corrected chi connectivity index (χ1v) is 9.07. The monoisotopic (exact) mass is 336 g/mol. The maximum absolute atomic E-state index is 4.58. The molecule has 6 nitrogen and oxygen atoms in total. The molecule has 2 N–H and O–H groups in total. The molecule has 0 unspecified atom stereocenters. The lowest BCUT2D eigenvalue weighted by atomic mass is 10.2. The second kappa shape index (κ2) is 6.78. The van der Waals surface area contributed by atoms with Gasteiger partial charge in [-0.2, -0.15) is 15.0 Å². The summed E-state index contributed by atoms with van der Waals surface area (Å²) >= 11 is 0. The van der Waals surface area contributed by atoms with Crippen LogP contribution in [0.15, 0.2) is 36.2 Å². The second-order valence-electron chi connectivity index (χ2n) is 7.10. The summed E-state index contributed by atoms with van der Waals surface area (Å²) in [6, 6.07) is 6.12. The molecule has 4 rings (SSSR count). The number of pyridine rings is 1. The molecule has 2 aromatic heterocycles. The molecule has 2 aliphatic carbocycles. The Morgan fingerprint density at radius 3 is 2.60 bits per heavy atom. The van der Waals surface area contributed by atoms with Gasteiger partial charge in [-0.05, 0) is 63.5 Å². The van der Waals surface area contributed by atoms with E-state index in [9.17, 15) is 0 Å². The molecule has 0 saturated heterocycles. The number of rotatable bonds is 7. The van der Waals surface area contributed by atoms with Gasteiger partial charge in [0, 0.05) is 17.9 Å². The highest BCUT2D eigenvalue weighted by Crippen LogP contribution is 2.34. The number of anilines is 2. The van der Waals surface area contributed by atoms with Crippen molar-refractivity contribution in [2.24, 2.45) is 11.8 Å². The Hall–Kier alpha value is -2.50. The zero-order chi connectivity index (χ0) is 17.2. The van der Waals surface area contributed by atoms with E-state index in [-0.39, 0.29) is 0 Å². The Kier molecular flexibility index (Phi) is 4.34. The number of hydrogen-bond donors (Lipinski definition) is 2. The first-order chi connectivity index (χ1) is 12.2. The van der Waals surface area contributed by atoms with Gasteiger partial charge in [0.2, 0.25) is 11.9 Å². The van der Waals surface area contributed by atoms with Gasteiger partial charge in [0.1, 0.15) is 5.69 Å². The third kappa shape index (κ3) is 4.32. The molecule has 0 amide bonds. The van der Waals surface area contributed by atoms with Crippen molar-refractivity contribution < 1.29 is 0 Å². The van der Waals surface area contributed by atoms with Crippen LogP contribution in [0.3, 0.4) is 0 Å². The Morgan fingerprint density at radius 1 is 1.12 bits per heavy atom. The van der Waals surface area contributed by atoms with Crippen LogP contribution in [0.5, 0.6) is 0 Å². The fraction of sp³-hybridized carbons (Fsp3) is 0.474. The molecule has 6 heteroatoms. The number of hydrogen-bond acceptors (Lipinski definition) is 6. The molecular weight excluding hydrogens is 312 g/mol. The summed E-state index contributed by atoms with van der Waals surface area (Å²) in [5.41, 5.74) is 1.83. The molecule has 2 saturated carbocycles. The molecule has 0 radical (unpaired) electrons. The van der Waals surface area contributed by atoms with Crippen LogP contribution in [-0.2, 0) is 0 Å². The fourth-order valence-corrected chi connectivity index (χ4v) is 2.86. The van der Waals surface area contributed by atoms with E-state index in [1.165, 1.54) is 25.7 Å². The topological polar surface area (TPSA) is 75.6 Å². The highest BCUT2D eigenvalue weighted by atomic mass is 15.2. The molecule has 130 valence electrons. The predicted octanol–water partition coefficient (Wildman–Crippen LogP) is 3.87. The van der Waals surface area contributed by atoms with Gasteiger partial charge in [-0.3, -0.25) is 4.98 Å². The van der Waals surface area contributed by atoms with Gasteiger partial charge >= 0.3 is 0 Å². The van der Waals surface area contributed by atoms with Crippen molar-refractivity contribution in [1.29, 1.82) is 0 Å². The third-order valence-electron chi connectivity index (χ3n) is 4.63. The SMILES string of the molecule is CC(=CC1CC1)Nc1nc(N[C@H](C)C2CC2)nc(-c2ccccn2)n1. The maximum Gasteiger partial charge on any atom is 0.232 e. The van der Waals surface area contributed by atoms with Crippen molar-refractivity contribution in [3.8, 4) is 11.5 Å². The Morgan fingerprint density at radius 2 is 1.92 bits per heavy atom. The minimum absolute atomic E-state index is 0.370. The molecule has 2 aromatic rings. The molecule has 2 fully saturated rings. The number of nitrogens with zero attached hydrogens (tertiary/aromatic N) is 4. The van der Waals surface area contributed by atoms with E-state index in [2.05, 4.69) is 50.5 Å². The summed E-state index contributed by atoms with van der Waals surface area (Å²) in [7, 11) is 0. The van der Waals surface area contributed by atoms with Gasteiger partial charge in [-0.25, -0.2) is 0 Å². The van der Waals surface area contributed by atoms with Gasteiger partial charge in [-0.1, -0.05) is 12.1 Å². The van der Waals surface area contributed by atoms with E-state index in [4.69, 9.17) is 0 Å². The molecular formula is C19H24N6. The molecule has 2 aliphatic rings. The summed E-state index contributed by atoms with van der Waals surface area (Å²) in [5.74, 6) is 3.19. The van der Waals surface area contributed by atoms with Crippen LogP contribution in [0.1, 0.15) is 39.5 Å². The van der Waals surface area contributed by atoms with Crippen LogP contribution in [0, 0.1) is 11.8 Å². The third-order valence-corrected chi connectivity index (χ3v) is 4.63. The van der Waals surface area contributed by atoms with Gasteiger partial charge in [0.25, 0.3) is 0 Å². The Balaban J connectivity index is 1.61. The quantitative estimate of drug-likeness (QED) is 0.799. The first kappa shape index (κ1) is 16.0. The largest absolute Gasteiger partial charge is 0.351 e. The fourth-order valence-electron chi connectivity index (χ4n) is 2.86. The van der Waals surface area contributed by atoms with Gasteiger partial charge in [0.05, 0.1) is 0 Å². The van der Waals surface area contributed by atoms with E-state index >= 15 is 0 Å². The Labute approximate surface area is 148 Å². The zero-order valence-corrected chi connectivity index (χ0v) is 14.7. The summed E-state index contributed by atoms with van der Waals surface area (Å²) < 4.78 is 0. The lowest BCUT2D eigenvalue weighted by molar-refractivity contribution is 0.685. The zero-order valence-electron chi connectivity index (χ0n) is 14.7. The van der Waals surface area contributed by atoms with Crippen molar-refractivity contribution >= 4 is 11.9 Å². The molecule has 0 spiro atoms. The molecule has 2 heterocycles. The maximum atomic E-state index is 4.58. The standard InChI is InChI=1S/C19H24N6/c1-12(11-14-6-7-14)21-18-23-17(16-5-3-4-10-20-16)24-19(25-18)22-13(2)15-8-9-15/h3-5,10-11,13-15H,6-9H2,1-2H3,(H2,21,22,23,24,25)/t13-/m1/s1. The van der Waals surface area contributed by atoms with Gasteiger partial charge in [0.15, 0.2) is 5.82 Å². The van der Waals surface area contributed by atoms with Crippen molar-refractivity contribution in [2.45, 2.75) is 45.6 Å². The van der Waals surface area contributed by atoms with Crippen LogP contribution in [0.25, 0.3) is 11.5 Å². The van der Waals surface area contributed by atoms with Crippen molar-refractivity contribution in [2.75, 3.05) is 10.6 Å². The Bertz CT molecular complexity index is 765. The second-order valence-corrected chi connectivity index (χ2v) is 7.10. The summed E-state index contributed by atoms with van der Waals surface area (Å²) in [5, 5.41) is 6.74. The summed E-state index contributed by atoms with van der Waals surface area (Å²) in [6.45, 7) is 4.25. The lowest BCUT2D eigenvalue weighted by Crippen LogP contribution is -2.20. The van der Waals surface area contributed by atoms with Gasteiger partial charge < -0.3 is 10.6 Å². The molecule has 0 bridgehead atoms. The van der Waals surface area contributed by atoms with E-state index in [1.54, 1.807) is 6.20 Å². The number of allylic oxidation sites excluding steroid dienone is 2. The highest BCUT2D eigenvalue weighted by molar-refractivity contribution is 5.54. The highest BCUT2D eigenvalue weighted by Gasteiger charge is 2.28. The molecule has 0 aromatic carbocycles. The van der Waals surface area contributed by atoms with Gasteiger partial charge in [-0.15, -0.1) is 0 Å². The van der Waals surface area contributed by atoms with Crippen LogP contribution in [0.4, 0.5) is 11.9 Å². The van der Waals surface area contributed by atoms with Crippen molar-refractivity contribution in [3.05, 3.63) is 36.2 Å². The van der Waals surface area contributed by atoms with Crippen LogP contribution < -0.4 is 10.6 Å². The van der Waals surface area contributed by atoms with E-state index in [0.29, 0.717) is 29.7 Å². The van der Waals surface area contributed by atoms with E-state index < -0.39 is 0 Å². The van der Waals surface area contributed by atoms with E-state index in [1.807, 2.05) is 18.2 Å². The summed E-state index contributed by atoms with van der Waals surface area (Å²) in [4.78, 5) is 18.1. The first-order valence-electron chi connectivity index (χ1n) is 9.07. The minimum atomic E-state index is 0.370. The molecule has 0 aliphatic heterocycles. The smallest absolute Gasteiger partial charge is 0.232 e. The number of aromatic nitrogens is 4. The average Bonchev–Trinajstić information content (AvgIpc) is 3.49. The normalized spacial score (nSPS) is 18.7. The van der Waals surface area contributed by atoms with Crippen LogP contribution in [0.2, 0.25) is 0 Å². The summed E-state index contributed by atoms with van der Waals surface area (Å²) in [6.07, 6.45) is 9.12. The number of nitrogens with one attached hydrogen (secondary N) is 2. The predicted molar refractivity (Wildman–Crippen MR) is 99.0 cm³/mol. The van der Waals surface area contributed by atoms with E-state index in [0.717, 1.165) is 17.3 Å². The lowest BCUT2D eigenvalue weighted by Gasteiger charge is -2.14. The van der Waals surface area contributed by atoms with Crippen LogP contribution >= 0.6 is 0 Å². The average molecular weight is 336 g/mol. The molecule has 1 atom stereocenters. The van der Waals surface area contributed by atoms with Crippen molar-refractivity contribution in [1.82, 2.24) is 19.9 Å². The minimum Gasteiger partial charge on any atom is -0.351 e. The molecule has 25 heavy (non-hydrogen) atoms. The van der Waals surface area contributed by atoms with Crippen LogP contribution in [-0.4, -0.2) is 26.0 Å².